The number of nitrogens with zero attached hydrogens (tertiary/aromatic N) is 2. The number of amides is 1. The molecular formula is C17H8Cl2FN3O. The number of benzene rings is 2. The average molecular weight is 360 g/mol. The van der Waals surface area contributed by atoms with Crippen molar-refractivity contribution in [3.8, 4) is 12.1 Å². The minimum Gasteiger partial charge on any atom is -0.320 e. The highest BCUT2D eigenvalue weighted by Gasteiger charge is 2.12. The Morgan fingerprint density at radius 1 is 1.17 bits per heavy atom. The Labute approximate surface area is 147 Å². The molecule has 0 aliphatic carbocycles. The molecule has 7 heteroatoms. The second-order valence-corrected chi connectivity index (χ2v) is 5.44. The van der Waals surface area contributed by atoms with E-state index in [4.69, 9.17) is 33.7 Å². The van der Waals surface area contributed by atoms with Gasteiger partial charge in [0.2, 0.25) is 0 Å². The molecule has 0 fully saturated rings. The van der Waals surface area contributed by atoms with E-state index in [1.54, 1.807) is 12.1 Å². The third kappa shape index (κ3) is 4.11. The molecule has 0 aliphatic rings. The number of anilines is 1. The maximum absolute atomic E-state index is 13.3. The Hall–Kier alpha value is -2.86. The van der Waals surface area contributed by atoms with Crippen molar-refractivity contribution >= 4 is 40.9 Å². The summed E-state index contributed by atoms with van der Waals surface area (Å²) in [5, 5.41) is 21.1. The molecule has 2 aromatic carbocycles. The lowest BCUT2D eigenvalue weighted by molar-refractivity contribution is -0.112. The molecule has 0 bridgehead atoms. The number of nitrogens with one attached hydrogen (secondary N) is 1. The van der Waals surface area contributed by atoms with Crippen LogP contribution < -0.4 is 5.32 Å². The Bertz CT molecular complexity index is 926. The Morgan fingerprint density at radius 2 is 1.92 bits per heavy atom. The second-order valence-electron chi connectivity index (χ2n) is 4.60. The number of halogens is 3. The van der Waals surface area contributed by atoms with Crippen molar-refractivity contribution < 1.29 is 9.18 Å². The van der Waals surface area contributed by atoms with Crippen molar-refractivity contribution in [2.75, 3.05) is 5.32 Å². The zero-order valence-corrected chi connectivity index (χ0v) is 13.5. The van der Waals surface area contributed by atoms with E-state index in [2.05, 4.69) is 5.32 Å². The molecule has 0 saturated heterocycles. The first kappa shape index (κ1) is 17.5. The fourth-order valence-corrected chi connectivity index (χ4v) is 2.27. The summed E-state index contributed by atoms with van der Waals surface area (Å²) in [5.74, 6) is -1.37. The van der Waals surface area contributed by atoms with Crippen molar-refractivity contribution in [1.82, 2.24) is 0 Å². The summed E-state index contributed by atoms with van der Waals surface area (Å²) in [6.07, 6.45) is 1.25. The summed E-state index contributed by atoms with van der Waals surface area (Å²) >= 11 is 11.7. The Kier molecular flexibility index (Phi) is 5.55. The van der Waals surface area contributed by atoms with Crippen LogP contribution in [0.4, 0.5) is 10.1 Å². The zero-order valence-electron chi connectivity index (χ0n) is 12.0. The van der Waals surface area contributed by atoms with E-state index in [1.807, 2.05) is 0 Å². The molecule has 2 aromatic rings. The van der Waals surface area contributed by atoms with E-state index in [0.717, 1.165) is 6.07 Å². The van der Waals surface area contributed by atoms with E-state index in [0.29, 0.717) is 16.3 Å². The van der Waals surface area contributed by atoms with Crippen molar-refractivity contribution in [3.05, 3.63) is 69.0 Å². The van der Waals surface area contributed by atoms with Crippen LogP contribution in [-0.4, -0.2) is 5.91 Å². The SMILES string of the molecule is N#CC(=Cc1ccc(F)c(C#N)c1)C(=O)Nc1ccc(Cl)cc1Cl. The summed E-state index contributed by atoms with van der Waals surface area (Å²) < 4.78 is 13.3. The second kappa shape index (κ2) is 7.61. The van der Waals surface area contributed by atoms with E-state index in [-0.39, 0.29) is 16.2 Å². The fourth-order valence-electron chi connectivity index (χ4n) is 1.81. The minimum absolute atomic E-state index is 0.179. The van der Waals surface area contributed by atoms with Gasteiger partial charge in [0.15, 0.2) is 0 Å². The van der Waals surface area contributed by atoms with Crippen molar-refractivity contribution in [2.24, 2.45) is 0 Å². The van der Waals surface area contributed by atoms with Gasteiger partial charge in [0.25, 0.3) is 5.91 Å². The smallest absolute Gasteiger partial charge is 0.266 e. The van der Waals surface area contributed by atoms with Crippen LogP contribution in [-0.2, 0) is 4.79 Å². The van der Waals surface area contributed by atoms with Gasteiger partial charge in [-0.25, -0.2) is 4.39 Å². The summed E-state index contributed by atoms with van der Waals surface area (Å²) in [7, 11) is 0. The lowest BCUT2D eigenvalue weighted by Gasteiger charge is -2.07. The maximum Gasteiger partial charge on any atom is 0.266 e. The largest absolute Gasteiger partial charge is 0.320 e. The normalized spacial score (nSPS) is 10.6. The molecule has 0 atom stereocenters. The first-order valence-electron chi connectivity index (χ1n) is 6.52. The van der Waals surface area contributed by atoms with Crippen LogP contribution in [0.5, 0.6) is 0 Å². The Balaban J connectivity index is 2.29. The maximum atomic E-state index is 13.3. The quantitative estimate of drug-likeness (QED) is 0.644. The molecule has 0 unspecified atom stereocenters. The van der Waals surface area contributed by atoms with Gasteiger partial charge in [0.1, 0.15) is 23.5 Å². The molecule has 1 N–H and O–H groups in total. The molecule has 118 valence electrons. The third-order valence-electron chi connectivity index (χ3n) is 2.97. The van der Waals surface area contributed by atoms with Gasteiger partial charge in [-0.15, -0.1) is 0 Å². The molecule has 0 aliphatic heterocycles. The molecule has 24 heavy (non-hydrogen) atoms. The van der Waals surface area contributed by atoms with Crippen molar-refractivity contribution in [1.29, 1.82) is 10.5 Å². The van der Waals surface area contributed by atoms with Crippen molar-refractivity contribution in [3.63, 3.8) is 0 Å². The zero-order chi connectivity index (χ0) is 17.7. The molecule has 0 radical (unpaired) electrons. The van der Waals surface area contributed by atoms with Gasteiger partial charge in [-0.05, 0) is 42.0 Å². The van der Waals surface area contributed by atoms with E-state index < -0.39 is 11.7 Å². The van der Waals surface area contributed by atoms with Gasteiger partial charge >= 0.3 is 0 Å². The first-order valence-corrected chi connectivity index (χ1v) is 7.28. The topological polar surface area (TPSA) is 76.7 Å². The Morgan fingerprint density at radius 3 is 2.54 bits per heavy atom. The van der Waals surface area contributed by atoms with Crippen LogP contribution >= 0.6 is 23.2 Å². The fraction of sp³-hybridized carbons (Fsp3) is 0. The number of rotatable bonds is 3. The first-order chi connectivity index (χ1) is 11.4. The molecule has 0 heterocycles. The minimum atomic E-state index is -0.690. The summed E-state index contributed by atoms with van der Waals surface area (Å²) in [6, 6.07) is 11.6. The summed E-state index contributed by atoms with van der Waals surface area (Å²) in [4.78, 5) is 12.2. The number of carbonyl (C=O) groups is 1. The number of hydrogen-bond donors (Lipinski definition) is 1. The lowest BCUT2D eigenvalue weighted by Crippen LogP contribution is -2.13. The van der Waals surface area contributed by atoms with Gasteiger partial charge in [-0.2, -0.15) is 10.5 Å². The van der Waals surface area contributed by atoms with E-state index in [9.17, 15) is 9.18 Å². The van der Waals surface area contributed by atoms with Crippen LogP contribution in [0.15, 0.2) is 42.0 Å². The lowest BCUT2D eigenvalue weighted by atomic mass is 10.1. The molecular weight excluding hydrogens is 352 g/mol. The standard InChI is InChI=1S/C17H8Cl2FN3O/c18-13-2-4-16(14(19)7-13)23-17(24)12(9-22)6-10-1-3-15(20)11(5-10)8-21/h1-7H,(H,23,24). The van der Waals surface area contributed by atoms with Crippen LogP contribution in [0.25, 0.3) is 6.08 Å². The molecule has 0 aromatic heterocycles. The van der Waals surface area contributed by atoms with Gasteiger partial charge in [-0.3, -0.25) is 4.79 Å². The van der Waals surface area contributed by atoms with Gasteiger partial charge < -0.3 is 5.32 Å². The predicted molar refractivity (Wildman–Crippen MR) is 89.8 cm³/mol. The highest BCUT2D eigenvalue weighted by molar-refractivity contribution is 6.36. The van der Waals surface area contributed by atoms with Gasteiger partial charge in [0.05, 0.1) is 16.3 Å². The number of nitriles is 2. The van der Waals surface area contributed by atoms with Crippen molar-refractivity contribution in [2.45, 2.75) is 0 Å². The predicted octanol–water partition coefficient (Wildman–Crippen LogP) is 4.55. The van der Waals surface area contributed by atoms with Gasteiger partial charge in [0, 0.05) is 5.02 Å². The van der Waals surface area contributed by atoms with Crippen LogP contribution in [0.2, 0.25) is 10.0 Å². The highest BCUT2D eigenvalue weighted by Crippen LogP contribution is 2.26. The number of carbonyl (C=O) groups excluding carboxylic acids is 1. The molecule has 0 spiro atoms. The van der Waals surface area contributed by atoms with E-state index >= 15 is 0 Å². The molecule has 2 rings (SSSR count). The molecule has 0 saturated carbocycles. The molecule has 4 nitrogen and oxygen atoms in total. The summed E-state index contributed by atoms with van der Waals surface area (Å²) in [5.41, 5.74) is 0.240. The van der Waals surface area contributed by atoms with Crippen LogP contribution in [0, 0.1) is 28.5 Å². The average Bonchev–Trinajstić information content (AvgIpc) is 2.56. The highest BCUT2D eigenvalue weighted by atomic mass is 35.5. The monoisotopic (exact) mass is 359 g/mol. The van der Waals surface area contributed by atoms with Gasteiger partial charge in [-0.1, -0.05) is 29.3 Å². The molecule has 1 amide bonds. The van der Waals surface area contributed by atoms with E-state index in [1.165, 1.54) is 36.4 Å². The van der Waals surface area contributed by atoms with Crippen LogP contribution in [0.3, 0.4) is 0 Å². The number of hydrogen-bond acceptors (Lipinski definition) is 3. The third-order valence-corrected chi connectivity index (χ3v) is 3.51. The summed E-state index contributed by atoms with van der Waals surface area (Å²) in [6.45, 7) is 0. The van der Waals surface area contributed by atoms with Crippen LogP contribution in [0.1, 0.15) is 11.1 Å².